The summed E-state index contributed by atoms with van der Waals surface area (Å²) in [5, 5.41) is 9.18. The molecule has 0 aliphatic heterocycles. The molecule has 0 fully saturated rings. The van der Waals surface area contributed by atoms with E-state index in [1.165, 1.54) is 7.11 Å². The maximum absolute atomic E-state index is 12.4. The number of nitriles is 1. The number of benzene rings is 1. The highest BCUT2D eigenvalue weighted by Gasteiger charge is 2.30. The molecule has 21 heavy (non-hydrogen) atoms. The molecular formula is C17H21NO3. The van der Waals surface area contributed by atoms with Gasteiger partial charge in [0.2, 0.25) is 0 Å². The Hall–Kier alpha value is -2.15. The summed E-state index contributed by atoms with van der Waals surface area (Å²) in [4.78, 5) is 24.5. The van der Waals surface area contributed by atoms with Crippen LogP contribution in [-0.4, -0.2) is 18.7 Å². The Balaban J connectivity index is 3.05. The molecule has 112 valence electrons. The van der Waals surface area contributed by atoms with Crippen molar-refractivity contribution >= 4 is 11.6 Å². The zero-order valence-corrected chi connectivity index (χ0v) is 13.2. The Labute approximate surface area is 125 Å². The molecule has 0 saturated heterocycles. The average Bonchev–Trinajstić information content (AvgIpc) is 2.37. The molecule has 4 heteroatoms. The number of nitrogens with zero attached hydrogens (tertiary/aromatic N) is 1. The van der Waals surface area contributed by atoms with E-state index in [1.54, 1.807) is 18.2 Å². The summed E-state index contributed by atoms with van der Waals surface area (Å²) in [6.07, 6.45) is 0.194. The van der Waals surface area contributed by atoms with Crippen molar-refractivity contribution in [2.45, 2.75) is 34.1 Å². The zero-order valence-electron chi connectivity index (χ0n) is 13.2. The molecule has 0 saturated carbocycles. The topological polar surface area (TPSA) is 67.2 Å². The Morgan fingerprint density at radius 2 is 1.95 bits per heavy atom. The van der Waals surface area contributed by atoms with E-state index >= 15 is 0 Å². The van der Waals surface area contributed by atoms with Crippen molar-refractivity contribution in [1.82, 2.24) is 0 Å². The van der Waals surface area contributed by atoms with E-state index in [9.17, 15) is 14.9 Å². The van der Waals surface area contributed by atoms with Gasteiger partial charge in [0.25, 0.3) is 0 Å². The molecule has 1 aromatic rings. The molecule has 1 unspecified atom stereocenters. The first-order valence-electron chi connectivity index (χ1n) is 6.81. The lowest BCUT2D eigenvalue weighted by Crippen LogP contribution is -2.26. The molecule has 1 atom stereocenters. The first kappa shape index (κ1) is 16.9. The molecule has 1 aromatic carbocycles. The van der Waals surface area contributed by atoms with Crippen molar-refractivity contribution in [3.05, 3.63) is 29.3 Å². The third-order valence-corrected chi connectivity index (χ3v) is 3.11. The molecule has 0 aliphatic carbocycles. The van der Waals surface area contributed by atoms with Gasteiger partial charge < -0.3 is 4.74 Å². The van der Waals surface area contributed by atoms with E-state index in [0.717, 1.165) is 5.56 Å². The van der Waals surface area contributed by atoms with E-state index < -0.39 is 11.7 Å². The molecule has 0 N–H and O–H groups in total. The fourth-order valence-corrected chi connectivity index (χ4v) is 2.04. The number of methoxy groups -OCH3 is 1. The molecular weight excluding hydrogens is 266 g/mol. The molecule has 0 bridgehead atoms. The molecule has 0 heterocycles. The van der Waals surface area contributed by atoms with E-state index in [4.69, 9.17) is 4.74 Å². The molecule has 0 aromatic heterocycles. The van der Waals surface area contributed by atoms with Crippen LogP contribution in [0.1, 0.15) is 43.1 Å². The van der Waals surface area contributed by atoms with Crippen LogP contribution < -0.4 is 4.74 Å². The SMILES string of the molecule is COc1cc(C(=O)C(C#N)C(=O)CC(C)(C)C)ccc1C. The summed E-state index contributed by atoms with van der Waals surface area (Å²) in [7, 11) is 1.52. The van der Waals surface area contributed by atoms with Gasteiger partial charge in [0, 0.05) is 12.0 Å². The quantitative estimate of drug-likeness (QED) is 0.615. The van der Waals surface area contributed by atoms with Crippen molar-refractivity contribution in [2.24, 2.45) is 11.3 Å². The van der Waals surface area contributed by atoms with E-state index in [2.05, 4.69) is 0 Å². The van der Waals surface area contributed by atoms with Gasteiger partial charge in [-0.3, -0.25) is 9.59 Å². The molecule has 0 radical (unpaired) electrons. The van der Waals surface area contributed by atoms with Gasteiger partial charge in [0.15, 0.2) is 17.5 Å². The summed E-state index contributed by atoms with van der Waals surface area (Å²) in [5.74, 6) is -1.49. The van der Waals surface area contributed by atoms with Gasteiger partial charge >= 0.3 is 0 Å². The fraction of sp³-hybridized carbons (Fsp3) is 0.471. The van der Waals surface area contributed by atoms with E-state index in [0.29, 0.717) is 11.3 Å². The van der Waals surface area contributed by atoms with Crippen molar-refractivity contribution in [3.63, 3.8) is 0 Å². The highest BCUT2D eigenvalue weighted by molar-refractivity contribution is 6.13. The standard InChI is InChI=1S/C17H21NO3/c1-11-6-7-12(8-15(11)21-5)16(20)13(10-18)14(19)9-17(2,3)4/h6-8,13H,9H2,1-5H3. The van der Waals surface area contributed by atoms with Gasteiger partial charge in [-0.15, -0.1) is 0 Å². The second-order valence-corrected chi connectivity index (χ2v) is 6.31. The Morgan fingerprint density at radius 3 is 2.43 bits per heavy atom. The Bertz CT molecular complexity index is 591. The number of carbonyl (C=O) groups is 2. The number of aryl methyl sites for hydroxylation is 1. The summed E-state index contributed by atoms with van der Waals surface area (Å²) >= 11 is 0. The minimum Gasteiger partial charge on any atom is -0.496 e. The molecule has 1 rings (SSSR count). The van der Waals surface area contributed by atoms with Crippen LogP contribution in [0.5, 0.6) is 5.75 Å². The van der Waals surface area contributed by atoms with Crippen LogP contribution in [0.2, 0.25) is 0 Å². The first-order valence-corrected chi connectivity index (χ1v) is 6.81. The van der Waals surface area contributed by atoms with Crippen molar-refractivity contribution in [2.75, 3.05) is 7.11 Å². The number of hydrogen-bond donors (Lipinski definition) is 0. The van der Waals surface area contributed by atoms with Crippen LogP contribution in [0.25, 0.3) is 0 Å². The predicted molar refractivity (Wildman–Crippen MR) is 80.2 cm³/mol. The van der Waals surface area contributed by atoms with Gasteiger partial charge in [-0.25, -0.2) is 0 Å². The van der Waals surface area contributed by atoms with Gasteiger partial charge in [0.05, 0.1) is 13.2 Å². The lowest BCUT2D eigenvalue weighted by atomic mass is 9.83. The molecule has 0 aliphatic rings. The average molecular weight is 287 g/mol. The van der Waals surface area contributed by atoms with Crippen molar-refractivity contribution in [3.8, 4) is 11.8 Å². The highest BCUT2D eigenvalue weighted by Crippen LogP contribution is 2.25. The zero-order chi connectivity index (χ0) is 16.2. The van der Waals surface area contributed by atoms with E-state index in [1.807, 2.05) is 33.8 Å². The summed E-state index contributed by atoms with van der Waals surface area (Å²) < 4.78 is 5.17. The van der Waals surface area contributed by atoms with Crippen molar-refractivity contribution in [1.29, 1.82) is 5.26 Å². The minimum absolute atomic E-state index is 0.194. The number of rotatable bonds is 5. The second-order valence-electron chi connectivity index (χ2n) is 6.31. The summed E-state index contributed by atoms with van der Waals surface area (Å²) in [5.41, 5.74) is 0.965. The number of ether oxygens (including phenoxy) is 1. The van der Waals surface area contributed by atoms with Gasteiger partial charge in [-0.1, -0.05) is 32.9 Å². The number of hydrogen-bond acceptors (Lipinski definition) is 4. The number of carbonyl (C=O) groups excluding carboxylic acids is 2. The summed E-state index contributed by atoms with van der Waals surface area (Å²) in [6.45, 7) is 7.57. The Morgan fingerprint density at radius 1 is 1.33 bits per heavy atom. The summed E-state index contributed by atoms with van der Waals surface area (Å²) in [6, 6.07) is 6.78. The fourth-order valence-electron chi connectivity index (χ4n) is 2.04. The minimum atomic E-state index is -1.25. The molecule has 0 spiro atoms. The molecule has 4 nitrogen and oxygen atoms in total. The van der Waals surface area contributed by atoms with Crippen LogP contribution in [0, 0.1) is 29.6 Å². The van der Waals surface area contributed by atoms with Crippen LogP contribution in [0.15, 0.2) is 18.2 Å². The highest BCUT2D eigenvalue weighted by atomic mass is 16.5. The van der Waals surface area contributed by atoms with Gasteiger partial charge in [0.1, 0.15) is 5.75 Å². The number of Topliss-reactive ketones (excluding diaryl/α,β-unsaturated/α-hetero) is 2. The number of ketones is 2. The lowest BCUT2D eigenvalue weighted by Gasteiger charge is -2.18. The smallest absolute Gasteiger partial charge is 0.187 e. The third kappa shape index (κ3) is 4.42. The predicted octanol–water partition coefficient (Wildman–Crippen LogP) is 3.33. The van der Waals surface area contributed by atoms with Crippen LogP contribution in [-0.2, 0) is 4.79 Å². The van der Waals surface area contributed by atoms with Crippen LogP contribution in [0.4, 0.5) is 0 Å². The monoisotopic (exact) mass is 287 g/mol. The second kappa shape index (κ2) is 6.53. The maximum atomic E-state index is 12.4. The van der Waals surface area contributed by atoms with Crippen molar-refractivity contribution < 1.29 is 14.3 Å². The van der Waals surface area contributed by atoms with Gasteiger partial charge in [-0.05, 0) is 24.0 Å². The largest absolute Gasteiger partial charge is 0.496 e. The maximum Gasteiger partial charge on any atom is 0.187 e. The molecule has 0 amide bonds. The van der Waals surface area contributed by atoms with Crippen LogP contribution in [0.3, 0.4) is 0 Å². The van der Waals surface area contributed by atoms with Gasteiger partial charge in [-0.2, -0.15) is 5.26 Å². The Kier molecular flexibility index (Phi) is 5.26. The normalized spacial score (nSPS) is 12.4. The van der Waals surface area contributed by atoms with Crippen LogP contribution >= 0.6 is 0 Å². The third-order valence-electron chi connectivity index (χ3n) is 3.11. The lowest BCUT2D eigenvalue weighted by molar-refractivity contribution is -0.121. The van der Waals surface area contributed by atoms with E-state index in [-0.39, 0.29) is 17.6 Å². The first-order chi connectivity index (χ1) is 9.69.